The van der Waals surface area contributed by atoms with Crippen molar-refractivity contribution in [1.82, 2.24) is 4.90 Å². The zero-order valence-electron chi connectivity index (χ0n) is 15.3. The van der Waals surface area contributed by atoms with E-state index in [0.717, 1.165) is 23.3 Å². The van der Waals surface area contributed by atoms with E-state index >= 15 is 0 Å². The fourth-order valence-corrected chi connectivity index (χ4v) is 4.43. The van der Waals surface area contributed by atoms with Crippen molar-refractivity contribution >= 4 is 40.3 Å². The summed E-state index contributed by atoms with van der Waals surface area (Å²) in [5.41, 5.74) is 2.96. The number of phenolic OH excluding ortho intramolecular Hbond substituents is 1. The van der Waals surface area contributed by atoms with E-state index in [0.29, 0.717) is 34.7 Å². The molecule has 2 aliphatic heterocycles. The summed E-state index contributed by atoms with van der Waals surface area (Å²) in [5.74, 6) is 1.24. The molecule has 0 saturated carbocycles. The normalized spacial score (nSPS) is 17.2. The molecule has 4 rings (SSSR count). The van der Waals surface area contributed by atoms with E-state index in [9.17, 15) is 9.90 Å². The summed E-state index contributed by atoms with van der Waals surface area (Å²) >= 11 is 6.71. The predicted molar refractivity (Wildman–Crippen MR) is 114 cm³/mol. The topological polar surface area (TPSA) is 59.0 Å². The number of carbonyl (C=O) groups excluding carboxylic acids is 1. The number of fused-ring (bicyclic) bond motifs is 1. The fraction of sp³-hybridized carbons (Fsp3) is 0.238. The predicted octanol–water partition coefficient (Wildman–Crippen LogP) is 4.13. The van der Waals surface area contributed by atoms with Gasteiger partial charge < -0.3 is 14.6 Å². The van der Waals surface area contributed by atoms with E-state index in [1.165, 1.54) is 17.3 Å². The van der Waals surface area contributed by atoms with Gasteiger partial charge in [-0.05, 0) is 47.9 Å². The van der Waals surface area contributed by atoms with Gasteiger partial charge in [-0.2, -0.15) is 0 Å². The molecule has 0 atom stereocenters. The van der Waals surface area contributed by atoms with Gasteiger partial charge in [0.25, 0.3) is 5.91 Å². The van der Waals surface area contributed by atoms with Crippen molar-refractivity contribution < 1.29 is 19.4 Å². The van der Waals surface area contributed by atoms with Crippen LogP contribution in [0.5, 0.6) is 17.2 Å². The molecule has 144 valence electrons. The highest BCUT2D eigenvalue weighted by molar-refractivity contribution is 8.26. The summed E-state index contributed by atoms with van der Waals surface area (Å²) < 4.78 is 11.5. The first-order valence-electron chi connectivity index (χ1n) is 9.01. The van der Waals surface area contributed by atoms with E-state index in [1.807, 2.05) is 19.1 Å². The van der Waals surface area contributed by atoms with Gasteiger partial charge in [-0.3, -0.25) is 9.69 Å². The highest BCUT2D eigenvalue weighted by atomic mass is 32.2. The lowest BCUT2D eigenvalue weighted by molar-refractivity contribution is -0.122. The Kier molecular flexibility index (Phi) is 5.28. The van der Waals surface area contributed by atoms with E-state index in [1.54, 1.807) is 29.2 Å². The van der Waals surface area contributed by atoms with Crippen molar-refractivity contribution in [2.45, 2.75) is 19.9 Å². The molecular weight excluding hydrogens is 394 g/mol. The number of aromatic hydroxyl groups is 1. The largest absolute Gasteiger partial charge is 0.504 e. The first kappa shape index (κ1) is 18.8. The van der Waals surface area contributed by atoms with Crippen LogP contribution < -0.4 is 9.47 Å². The molecule has 1 saturated heterocycles. The van der Waals surface area contributed by atoms with Gasteiger partial charge in [-0.1, -0.05) is 42.2 Å². The second-order valence-corrected chi connectivity index (χ2v) is 8.14. The molecule has 7 heteroatoms. The molecule has 1 fully saturated rings. The molecule has 0 unspecified atom stereocenters. The van der Waals surface area contributed by atoms with Crippen LogP contribution in [0.3, 0.4) is 0 Å². The Labute approximate surface area is 172 Å². The second-order valence-electron chi connectivity index (χ2n) is 6.47. The molecule has 1 amide bonds. The molecule has 5 nitrogen and oxygen atoms in total. The maximum Gasteiger partial charge on any atom is 0.266 e. The van der Waals surface area contributed by atoms with Crippen molar-refractivity contribution in [2.75, 3.05) is 13.2 Å². The number of phenols is 1. The van der Waals surface area contributed by atoms with E-state index in [2.05, 4.69) is 6.07 Å². The Bertz CT molecular complexity index is 986. The number of benzene rings is 2. The van der Waals surface area contributed by atoms with Crippen molar-refractivity contribution in [3.05, 3.63) is 58.0 Å². The Morgan fingerprint density at radius 2 is 2.18 bits per heavy atom. The highest BCUT2D eigenvalue weighted by Crippen LogP contribution is 2.36. The van der Waals surface area contributed by atoms with Gasteiger partial charge in [0.2, 0.25) is 0 Å². The number of hydrogen-bond donors (Lipinski definition) is 1. The Morgan fingerprint density at radius 1 is 1.32 bits per heavy atom. The summed E-state index contributed by atoms with van der Waals surface area (Å²) in [5, 5.41) is 9.84. The molecule has 0 bridgehead atoms. The van der Waals surface area contributed by atoms with Crippen LogP contribution in [-0.4, -0.2) is 33.4 Å². The van der Waals surface area contributed by atoms with Gasteiger partial charge in [0.05, 0.1) is 24.7 Å². The number of amides is 1. The van der Waals surface area contributed by atoms with Crippen molar-refractivity contribution in [2.24, 2.45) is 0 Å². The zero-order valence-corrected chi connectivity index (χ0v) is 16.9. The quantitative estimate of drug-likeness (QED) is 0.588. The number of nitrogens with zero attached hydrogens (tertiary/aromatic N) is 1. The van der Waals surface area contributed by atoms with Gasteiger partial charge in [0.1, 0.15) is 10.1 Å². The smallest absolute Gasteiger partial charge is 0.266 e. The standard InChI is InChI=1S/C21H19NO4S2/c1-2-25-18-9-13(4-6-16(18)23)11-19-20(24)22(21(27)28-19)12-14-3-5-15-7-8-26-17(15)10-14/h3-6,9-11,23H,2,7-8,12H2,1H3. The highest BCUT2D eigenvalue weighted by Gasteiger charge is 2.32. The first-order valence-corrected chi connectivity index (χ1v) is 10.2. The minimum atomic E-state index is -0.123. The van der Waals surface area contributed by atoms with Crippen molar-refractivity contribution in [3.63, 3.8) is 0 Å². The molecule has 0 aliphatic carbocycles. The van der Waals surface area contributed by atoms with Crippen LogP contribution in [-0.2, 0) is 17.8 Å². The molecule has 28 heavy (non-hydrogen) atoms. The molecule has 2 aromatic carbocycles. The Morgan fingerprint density at radius 3 is 3.00 bits per heavy atom. The summed E-state index contributed by atoms with van der Waals surface area (Å²) in [6, 6.07) is 11.1. The fourth-order valence-electron chi connectivity index (χ4n) is 3.17. The molecule has 2 heterocycles. The molecule has 0 spiro atoms. The van der Waals surface area contributed by atoms with Gasteiger partial charge in [-0.25, -0.2) is 0 Å². The third kappa shape index (κ3) is 3.72. The summed E-state index contributed by atoms with van der Waals surface area (Å²) in [6.45, 7) is 3.42. The number of thioether (sulfide) groups is 1. The summed E-state index contributed by atoms with van der Waals surface area (Å²) in [7, 11) is 0. The average Bonchev–Trinajstić information content (AvgIpc) is 3.24. The third-order valence-corrected chi connectivity index (χ3v) is 5.93. The van der Waals surface area contributed by atoms with Crippen LogP contribution in [0.4, 0.5) is 0 Å². The number of thiocarbonyl (C=S) groups is 1. The molecular formula is C21H19NO4S2. The third-order valence-electron chi connectivity index (χ3n) is 4.56. The van der Waals surface area contributed by atoms with E-state index < -0.39 is 0 Å². The monoisotopic (exact) mass is 413 g/mol. The Balaban J connectivity index is 1.54. The molecule has 1 N–H and O–H groups in total. The number of ether oxygens (including phenoxy) is 2. The van der Waals surface area contributed by atoms with Crippen molar-refractivity contribution in [3.8, 4) is 17.2 Å². The van der Waals surface area contributed by atoms with Gasteiger partial charge >= 0.3 is 0 Å². The van der Waals surface area contributed by atoms with Crippen molar-refractivity contribution in [1.29, 1.82) is 0 Å². The van der Waals surface area contributed by atoms with Crippen LogP contribution in [0, 0.1) is 0 Å². The molecule has 0 aromatic heterocycles. The molecule has 2 aromatic rings. The lowest BCUT2D eigenvalue weighted by Gasteiger charge is -2.15. The van der Waals surface area contributed by atoms with Crippen LogP contribution in [0.25, 0.3) is 6.08 Å². The van der Waals surface area contributed by atoms with Crippen LogP contribution in [0.15, 0.2) is 41.3 Å². The molecule has 2 aliphatic rings. The number of hydrogen-bond acceptors (Lipinski definition) is 6. The van der Waals surface area contributed by atoms with Gasteiger partial charge in [0.15, 0.2) is 11.5 Å². The summed E-state index contributed by atoms with van der Waals surface area (Å²) in [4.78, 5) is 15.0. The minimum absolute atomic E-state index is 0.0744. The maximum atomic E-state index is 12.9. The zero-order chi connectivity index (χ0) is 19.7. The maximum absolute atomic E-state index is 12.9. The average molecular weight is 414 g/mol. The number of carbonyl (C=O) groups is 1. The minimum Gasteiger partial charge on any atom is -0.504 e. The Hall–Kier alpha value is -2.51. The number of rotatable bonds is 5. The lowest BCUT2D eigenvalue weighted by Crippen LogP contribution is -2.27. The molecule has 0 radical (unpaired) electrons. The van der Waals surface area contributed by atoms with Crippen LogP contribution in [0.1, 0.15) is 23.6 Å². The van der Waals surface area contributed by atoms with E-state index in [-0.39, 0.29) is 11.7 Å². The lowest BCUT2D eigenvalue weighted by atomic mass is 10.1. The SMILES string of the molecule is CCOc1cc(C=C2SC(=S)N(Cc3ccc4c(c3)OCC4)C2=O)ccc1O. The van der Waals surface area contributed by atoms with Gasteiger partial charge in [0, 0.05) is 6.42 Å². The first-order chi connectivity index (χ1) is 13.5. The van der Waals surface area contributed by atoms with E-state index in [4.69, 9.17) is 21.7 Å². The summed E-state index contributed by atoms with van der Waals surface area (Å²) in [6.07, 6.45) is 2.70. The van der Waals surface area contributed by atoms with Gasteiger partial charge in [-0.15, -0.1) is 0 Å². The van der Waals surface area contributed by atoms with Crippen LogP contribution >= 0.6 is 24.0 Å². The van der Waals surface area contributed by atoms with Crippen LogP contribution in [0.2, 0.25) is 0 Å². The second kappa shape index (κ2) is 7.85.